The van der Waals surface area contributed by atoms with Gasteiger partial charge < -0.3 is 35.2 Å². The van der Waals surface area contributed by atoms with Crippen molar-refractivity contribution in [1.29, 1.82) is 0 Å². The molecule has 336 valence electrons. The number of benzene rings is 3. The van der Waals surface area contributed by atoms with E-state index >= 15 is 0 Å². The quantitative estimate of drug-likeness (QED) is 0.0757. The molecule has 4 N–H and O–H groups in total. The van der Waals surface area contributed by atoms with Crippen LogP contribution in [0.3, 0.4) is 0 Å². The van der Waals surface area contributed by atoms with E-state index in [0.29, 0.717) is 84.7 Å². The Hall–Kier alpha value is -6.21. The minimum Gasteiger partial charge on any atom is -0.494 e. The molecule has 4 aliphatic rings. The number of aromatic nitrogens is 2. The van der Waals surface area contributed by atoms with Gasteiger partial charge in [0.2, 0.25) is 23.6 Å². The van der Waals surface area contributed by atoms with Gasteiger partial charge in [-0.15, -0.1) is 0 Å². The number of amides is 5. The second kappa shape index (κ2) is 20.1. The number of likely N-dealkylation sites (tertiary alicyclic amines) is 1. The number of nitrogens with zero attached hydrogens (tertiary/aromatic N) is 6. The maximum Gasteiger partial charge on any atom is 0.255 e. The zero-order chi connectivity index (χ0) is 44.7. The van der Waals surface area contributed by atoms with Crippen molar-refractivity contribution in [3.8, 4) is 5.75 Å². The monoisotopic (exact) mass is 896 g/mol. The number of rotatable bonds is 15. The molecule has 0 bridgehead atoms. The summed E-state index contributed by atoms with van der Waals surface area (Å²) in [6.07, 6.45) is 7.27. The first-order chi connectivity index (χ1) is 31.0. The summed E-state index contributed by atoms with van der Waals surface area (Å²) in [4.78, 5) is 80.1. The minimum absolute atomic E-state index is 0.0155. The highest BCUT2D eigenvalue weighted by atomic mass is 35.5. The highest BCUT2D eigenvalue weighted by Crippen LogP contribution is 2.35. The minimum atomic E-state index is -0.678. The fraction of sp³-hybridized carbons (Fsp3) is 0.400. The molecule has 3 fully saturated rings. The lowest BCUT2D eigenvalue weighted by atomic mass is 10.0. The zero-order valence-electron chi connectivity index (χ0n) is 35.4. The number of anilines is 4. The van der Waals surface area contributed by atoms with E-state index in [1.807, 2.05) is 17.0 Å². The number of imide groups is 1. The standard InChI is InChI=1S/C45H50ClFN10O7/c1-63-39-24-36-31(43(50-27-49-36)51-28-7-8-34(47)33(46)22-28)23-37(39)52-40(58)6-3-14-54-15-11-29(12-16-54)55-17-19-56(20-18-55)42(60)26-64-21-13-48-35-5-2-4-30-32(35)25-57(45(30)62)38-9-10-41(59)53-44(38)61/h2-8,22-24,27,29,38,48H,9-21,25-26H2,1H3,(H,52,58)(H,49,50,51)(H,53,59,61)/b6-3+. The van der Waals surface area contributed by atoms with Crippen LogP contribution >= 0.6 is 11.6 Å². The molecule has 1 aromatic heterocycles. The number of carbonyl (C=O) groups excluding carboxylic acids is 5. The Bertz CT molecular complexity index is 2460. The molecule has 0 radical (unpaired) electrons. The van der Waals surface area contributed by atoms with Gasteiger partial charge in [0.1, 0.15) is 36.4 Å². The number of methoxy groups -OCH3 is 1. The molecule has 4 aromatic rings. The average Bonchev–Trinajstić information content (AvgIpc) is 3.63. The molecule has 19 heteroatoms. The number of fused-ring (bicyclic) bond motifs is 2. The third kappa shape index (κ3) is 10.3. The molecule has 0 saturated carbocycles. The fourth-order valence-electron chi connectivity index (χ4n) is 8.71. The van der Waals surface area contributed by atoms with E-state index in [4.69, 9.17) is 21.1 Å². The zero-order valence-corrected chi connectivity index (χ0v) is 36.2. The molecule has 0 aliphatic carbocycles. The topological polar surface area (TPSA) is 191 Å². The van der Waals surface area contributed by atoms with Crippen LogP contribution < -0.4 is 26.0 Å². The molecular formula is C45H50ClFN10O7. The van der Waals surface area contributed by atoms with Crippen LogP contribution in [0.25, 0.3) is 10.9 Å². The van der Waals surface area contributed by atoms with Crippen molar-refractivity contribution in [2.75, 3.05) is 88.6 Å². The number of halogens is 2. The lowest BCUT2D eigenvalue weighted by Gasteiger charge is -2.42. The van der Waals surface area contributed by atoms with E-state index in [1.165, 1.54) is 36.5 Å². The average molecular weight is 897 g/mol. The maximum atomic E-state index is 13.7. The van der Waals surface area contributed by atoms with Crippen LogP contribution in [0, 0.1) is 5.82 Å². The van der Waals surface area contributed by atoms with Gasteiger partial charge >= 0.3 is 0 Å². The van der Waals surface area contributed by atoms with E-state index in [2.05, 4.69) is 41.0 Å². The third-order valence-electron chi connectivity index (χ3n) is 12.1. The molecule has 17 nitrogen and oxygen atoms in total. The van der Waals surface area contributed by atoms with Gasteiger partial charge in [-0.25, -0.2) is 14.4 Å². The van der Waals surface area contributed by atoms with Crippen molar-refractivity contribution in [1.82, 2.24) is 34.9 Å². The van der Waals surface area contributed by atoms with E-state index < -0.39 is 17.8 Å². The Morgan fingerprint density at radius 1 is 0.984 bits per heavy atom. The van der Waals surface area contributed by atoms with Crippen molar-refractivity contribution >= 4 is 74.9 Å². The van der Waals surface area contributed by atoms with Crippen LogP contribution in [-0.2, 0) is 30.5 Å². The summed E-state index contributed by atoms with van der Waals surface area (Å²) >= 11 is 5.97. The summed E-state index contributed by atoms with van der Waals surface area (Å²) in [6, 6.07) is 12.9. The maximum absolute atomic E-state index is 13.7. The van der Waals surface area contributed by atoms with Gasteiger partial charge in [-0.1, -0.05) is 23.7 Å². The van der Waals surface area contributed by atoms with Crippen LogP contribution in [0.2, 0.25) is 5.02 Å². The Morgan fingerprint density at radius 2 is 1.80 bits per heavy atom. The molecule has 8 rings (SSSR count). The van der Waals surface area contributed by atoms with Crippen molar-refractivity contribution < 1.29 is 37.8 Å². The van der Waals surface area contributed by atoms with Gasteiger partial charge in [-0.2, -0.15) is 0 Å². The third-order valence-corrected chi connectivity index (χ3v) is 12.4. The predicted octanol–water partition coefficient (Wildman–Crippen LogP) is 4.17. The summed E-state index contributed by atoms with van der Waals surface area (Å²) in [5, 5.41) is 12.3. The Morgan fingerprint density at radius 3 is 2.56 bits per heavy atom. The number of ether oxygens (including phenoxy) is 2. The van der Waals surface area contributed by atoms with Gasteiger partial charge in [-0.05, 0) is 68.8 Å². The van der Waals surface area contributed by atoms with Crippen LogP contribution in [0.1, 0.15) is 41.6 Å². The van der Waals surface area contributed by atoms with E-state index in [-0.39, 0.29) is 48.2 Å². The first-order valence-corrected chi connectivity index (χ1v) is 21.8. The van der Waals surface area contributed by atoms with Gasteiger partial charge in [0.05, 0.1) is 29.9 Å². The van der Waals surface area contributed by atoms with Crippen LogP contribution in [-0.4, -0.2) is 144 Å². The first kappa shape index (κ1) is 44.4. The number of nitrogens with one attached hydrogen (secondary N) is 4. The first-order valence-electron chi connectivity index (χ1n) is 21.4. The summed E-state index contributed by atoms with van der Waals surface area (Å²) in [5.41, 5.74) is 3.67. The fourth-order valence-corrected chi connectivity index (χ4v) is 8.89. The molecule has 1 unspecified atom stereocenters. The summed E-state index contributed by atoms with van der Waals surface area (Å²) in [5.74, 6) is -0.994. The molecule has 64 heavy (non-hydrogen) atoms. The molecule has 0 spiro atoms. The van der Waals surface area contributed by atoms with Crippen LogP contribution in [0.15, 0.2) is 67.0 Å². The Labute approximate surface area is 374 Å². The number of hydrogen-bond acceptors (Lipinski definition) is 13. The van der Waals surface area contributed by atoms with Crippen molar-refractivity contribution in [2.45, 2.75) is 44.3 Å². The number of piperidine rings is 2. The largest absolute Gasteiger partial charge is 0.494 e. The second-order valence-electron chi connectivity index (χ2n) is 16.1. The molecule has 3 saturated heterocycles. The van der Waals surface area contributed by atoms with Crippen LogP contribution in [0.4, 0.5) is 27.3 Å². The summed E-state index contributed by atoms with van der Waals surface area (Å²) in [6.45, 7) is 6.28. The van der Waals surface area contributed by atoms with Crippen molar-refractivity contribution in [2.24, 2.45) is 0 Å². The van der Waals surface area contributed by atoms with Crippen molar-refractivity contribution in [3.63, 3.8) is 0 Å². The molecule has 5 heterocycles. The highest BCUT2D eigenvalue weighted by molar-refractivity contribution is 6.31. The van der Waals surface area contributed by atoms with Gasteiger partial charge in [0, 0.05) is 98.3 Å². The van der Waals surface area contributed by atoms with Gasteiger partial charge in [0.25, 0.3) is 5.91 Å². The molecule has 4 aliphatic heterocycles. The molecular weight excluding hydrogens is 847 g/mol. The summed E-state index contributed by atoms with van der Waals surface area (Å²) < 4.78 is 25.0. The molecule has 1 atom stereocenters. The van der Waals surface area contributed by atoms with Gasteiger partial charge in [-0.3, -0.25) is 39.1 Å². The second-order valence-corrected chi connectivity index (χ2v) is 16.5. The Kier molecular flexibility index (Phi) is 13.9. The van der Waals surface area contributed by atoms with Gasteiger partial charge in [0.15, 0.2) is 0 Å². The van der Waals surface area contributed by atoms with Crippen LogP contribution in [0.5, 0.6) is 5.75 Å². The lowest BCUT2D eigenvalue weighted by molar-refractivity contribution is -0.138. The lowest BCUT2D eigenvalue weighted by Crippen LogP contribution is -2.54. The highest BCUT2D eigenvalue weighted by Gasteiger charge is 2.40. The van der Waals surface area contributed by atoms with Crippen molar-refractivity contribution in [3.05, 3.63) is 89.0 Å². The molecule has 3 aromatic carbocycles. The van der Waals surface area contributed by atoms with E-state index in [1.54, 1.807) is 30.3 Å². The molecule has 5 amide bonds. The number of carbonyl (C=O) groups is 5. The smallest absolute Gasteiger partial charge is 0.255 e. The number of hydrogen-bond donors (Lipinski definition) is 4. The summed E-state index contributed by atoms with van der Waals surface area (Å²) in [7, 11) is 1.52. The normalized spacial score (nSPS) is 18.7. The van der Waals surface area contributed by atoms with E-state index in [9.17, 15) is 28.4 Å². The van der Waals surface area contributed by atoms with E-state index in [0.717, 1.165) is 50.3 Å². The number of piperazine rings is 1. The predicted molar refractivity (Wildman–Crippen MR) is 238 cm³/mol. The Balaban J connectivity index is 0.727. The SMILES string of the molecule is COc1cc2ncnc(Nc3ccc(F)c(Cl)c3)c2cc1NC(=O)/C=C/CN1CCC(N2CCN(C(=O)COCCNc3cccc4c3CN(C3CCC(=O)NC3=O)C4=O)CC2)CC1.